The monoisotopic (exact) mass is 364 g/mol. The fourth-order valence-electron chi connectivity index (χ4n) is 3.00. The molecule has 27 heavy (non-hydrogen) atoms. The number of fused-ring (bicyclic) bond motifs is 1. The van der Waals surface area contributed by atoms with Gasteiger partial charge in [0, 0.05) is 39.0 Å². The molecule has 5 heteroatoms. The first-order chi connectivity index (χ1) is 12.8. The van der Waals surface area contributed by atoms with Gasteiger partial charge in [-0.3, -0.25) is 0 Å². The van der Waals surface area contributed by atoms with Gasteiger partial charge in [0.15, 0.2) is 0 Å². The third-order valence-corrected chi connectivity index (χ3v) is 4.66. The number of pyridine rings is 1. The van der Waals surface area contributed by atoms with Gasteiger partial charge >= 0.3 is 6.03 Å². The van der Waals surface area contributed by atoms with Crippen LogP contribution in [0.15, 0.2) is 54.9 Å². The smallest absolute Gasteiger partial charge is 0.317 e. The molecular weight excluding hydrogens is 336 g/mol. The zero-order valence-corrected chi connectivity index (χ0v) is 16.6. The highest BCUT2D eigenvalue weighted by Crippen LogP contribution is 2.22. The lowest BCUT2D eigenvalue weighted by Gasteiger charge is -2.21. The van der Waals surface area contributed by atoms with Crippen LogP contribution in [0.1, 0.15) is 37.6 Å². The van der Waals surface area contributed by atoms with Crippen LogP contribution in [-0.4, -0.2) is 33.9 Å². The van der Waals surface area contributed by atoms with Crippen molar-refractivity contribution in [1.82, 2.24) is 19.6 Å². The summed E-state index contributed by atoms with van der Waals surface area (Å²) in [4.78, 5) is 18.6. The van der Waals surface area contributed by atoms with Crippen LogP contribution in [0.3, 0.4) is 0 Å². The molecule has 0 atom stereocenters. The van der Waals surface area contributed by atoms with Crippen molar-refractivity contribution in [2.45, 2.75) is 39.2 Å². The Bertz CT molecular complexity index is 873. The highest BCUT2D eigenvalue weighted by molar-refractivity contribution is 5.73. The van der Waals surface area contributed by atoms with Gasteiger partial charge in [-0.15, -0.1) is 0 Å². The van der Waals surface area contributed by atoms with E-state index in [1.165, 1.54) is 5.56 Å². The number of nitrogens with one attached hydrogen (secondary N) is 1. The fraction of sp³-hybridized carbons (Fsp3) is 0.364. The maximum Gasteiger partial charge on any atom is 0.317 e. The molecule has 0 bridgehead atoms. The SMILES string of the molecule is CN(Cc1ccc(C(C)(C)C)cc1)C(=O)NCCc1cn2ccccc2n1. The van der Waals surface area contributed by atoms with E-state index in [9.17, 15) is 4.79 Å². The highest BCUT2D eigenvalue weighted by atomic mass is 16.2. The number of amides is 2. The molecule has 0 saturated heterocycles. The number of hydrogen-bond acceptors (Lipinski definition) is 2. The summed E-state index contributed by atoms with van der Waals surface area (Å²) >= 11 is 0. The van der Waals surface area contributed by atoms with E-state index in [1.807, 2.05) is 42.0 Å². The molecule has 2 amide bonds. The van der Waals surface area contributed by atoms with Crippen molar-refractivity contribution in [3.05, 3.63) is 71.7 Å². The van der Waals surface area contributed by atoms with E-state index in [0.29, 0.717) is 19.5 Å². The minimum Gasteiger partial charge on any atom is -0.338 e. The molecule has 0 fully saturated rings. The number of nitrogens with zero attached hydrogens (tertiary/aromatic N) is 3. The van der Waals surface area contributed by atoms with Crippen molar-refractivity contribution in [2.75, 3.05) is 13.6 Å². The number of carbonyl (C=O) groups excluding carboxylic acids is 1. The van der Waals surface area contributed by atoms with Gasteiger partial charge < -0.3 is 14.6 Å². The second-order valence-corrected chi connectivity index (χ2v) is 7.98. The largest absolute Gasteiger partial charge is 0.338 e. The van der Waals surface area contributed by atoms with Crippen LogP contribution < -0.4 is 5.32 Å². The third-order valence-electron chi connectivity index (χ3n) is 4.66. The van der Waals surface area contributed by atoms with E-state index in [1.54, 1.807) is 4.90 Å². The van der Waals surface area contributed by atoms with Crippen LogP contribution in [0.25, 0.3) is 5.65 Å². The molecule has 0 aliphatic heterocycles. The van der Waals surface area contributed by atoms with Crippen LogP contribution in [0.5, 0.6) is 0 Å². The van der Waals surface area contributed by atoms with E-state index in [0.717, 1.165) is 16.9 Å². The van der Waals surface area contributed by atoms with Gasteiger partial charge in [-0.25, -0.2) is 9.78 Å². The summed E-state index contributed by atoms with van der Waals surface area (Å²) in [6.07, 6.45) is 4.69. The van der Waals surface area contributed by atoms with Gasteiger partial charge in [0.1, 0.15) is 5.65 Å². The first-order valence-electron chi connectivity index (χ1n) is 9.34. The standard InChI is InChI=1S/C22H28N4O/c1-22(2,3)18-10-8-17(9-11-18)15-25(4)21(27)23-13-12-19-16-26-14-6-5-7-20(26)24-19/h5-11,14,16H,12-13,15H2,1-4H3,(H,23,27). The Labute approximate surface area is 161 Å². The van der Waals surface area contributed by atoms with Crippen molar-refractivity contribution < 1.29 is 4.79 Å². The predicted molar refractivity (Wildman–Crippen MR) is 109 cm³/mol. The summed E-state index contributed by atoms with van der Waals surface area (Å²) < 4.78 is 1.99. The topological polar surface area (TPSA) is 49.6 Å². The Hall–Kier alpha value is -2.82. The zero-order valence-electron chi connectivity index (χ0n) is 16.6. The minimum absolute atomic E-state index is 0.0707. The van der Waals surface area contributed by atoms with Gasteiger partial charge in [0.05, 0.1) is 5.69 Å². The van der Waals surface area contributed by atoms with Crippen molar-refractivity contribution in [3.8, 4) is 0 Å². The molecule has 0 unspecified atom stereocenters. The molecule has 2 heterocycles. The molecule has 1 N–H and O–H groups in total. The van der Waals surface area contributed by atoms with E-state index in [4.69, 9.17) is 0 Å². The van der Waals surface area contributed by atoms with Gasteiger partial charge in [-0.05, 0) is 28.7 Å². The maximum atomic E-state index is 12.3. The number of urea groups is 1. The van der Waals surface area contributed by atoms with Crippen molar-refractivity contribution in [3.63, 3.8) is 0 Å². The first-order valence-corrected chi connectivity index (χ1v) is 9.34. The summed E-state index contributed by atoms with van der Waals surface area (Å²) in [5.41, 5.74) is 4.46. The van der Waals surface area contributed by atoms with E-state index in [-0.39, 0.29) is 11.4 Å². The Morgan fingerprint density at radius 1 is 1.15 bits per heavy atom. The van der Waals surface area contributed by atoms with Crippen molar-refractivity contribution in [2.24, 2.45) is 0 Å². The summed E-state index contributed by atoms with van der Waals surface area (Å²) in [5.74, 6) is 0. The number of benzene rings is 1. The molecule has 142 valence electrons. The van der Waals surface area contributed by atoms with E-state index in [2.05, 4.69) is 55.3 Å². The summed E-state index contributed by atoms with van der Waals surface area (Å²) in [7, 11) is 1.82. The maximum absolute atomic E-state index is 12.3. The lowest BCUT2D eigenvalue weighted by molar-refractivity contribution is 0.207. The second-order valence-electron chi connectivity index (χ2n) is 7.98. The number of hydrogen-bond donors (Lipinski definition) is 1. The van der Waals surface area contributed by atoms with Crippen LogP contribution in [-0.2, 0) is 18.4 Å². The molecule has 0 saturated carbocycles. The van der Waals surface area contributed by atoms with Crippen LogP contribution in [0.4, 0.5) is 4.79 Å². The Morgan fingerprint density at radius 2 is 1.89 bits per heavy atom. The predicted octanol–water partition coefficient (Wildman–Crippen LogP) is 4.02. The Kier molecular flexibility index (Phi) is 5.49. The van der Waals surface area contributed by atoms with E-state index < -0.39 is 0 Å². The van der Waals surface area contributed by atoms with Crippen molar-refractivity contribution in [1.29, 1.82) is 0 Å². The fourth-order valence-corrected chi connectivity index (χ4v) is 3.00. The number of rotatable bonds is 5. The zero-order chi connectivity index (χ0) is 19.4. The molecule has 5 nitrogen and oxygen atoms in total. The summed E-state index contributed by atoms with van der Waals surface area (Å²) in [6.45, 7) is 7.75. The first kappa shape index (κ1) is 19.0. The lowest BCUT2D eigenvalue weighted by atomic mass is 9.87. The molecule has 3 aromatic rings. The third kappa shape index (κ3) is 4.88. The molecule has 0 aliphatic rings. The molecule has 0 radical (unpaired) electrons. The molecule has 1 aromatic carbocycles. The average molecular weight is 364 g/mol. The van der Waals surface area contributed by atoms with Crippen LogP contribution >= 0.6 is 0 Å². The molecule has 3 rings (SSSR count). The highest BCUT2D eigenvalue weighted by Gasteiger charge is 2.14. The average Bonchev–Trinajstić information content (AvgIpc) is 3.04. The molecule has 2 aromatic heterocycles. The Morgan fingerprint density at radius 3 is 2.56 bits per heavy atom. The summed E-state index contributed by atoms with van der Waals surface area (Å²) in [5, 5.41) is 2.97. The van der Waals surface area contributed by atoms with Crippen molar-refractivity contribution >= 4 is 11.7 Å². The lowest BCUT2D eigenvalue weighted by Crippen LogP contribution is -2.37. The minimum atomic E-state index is -0.0707. The molecule has 0 spiro atoms. The van der Waals surface area contributed by atoms with Gasteiger partial charge in [-0.1, -0.05) is 51.1 Å². The van der Waals surface area contributed by atoms with Gasteiger partial charge in [0.25, 0.3) is 0 Å². The quantitative estimate of drug-likeness (QED) is 0.743. The van der Waals surface area contributed by atoms with Crippen LogP contribution in [0.2, 0.25) is 0 Å². The van der Waals surface area contributed by atoms with Crippen LogP contribution in [0, 0.1) is 0 Å². The Balaban J connectivity index is 1.48. The number of carbonyl (C=O) groups is 1. The normalized spacial score (nSPS) is 11.6. The summed E-state index contributed by atoms with van der Waals surface area (Å²) in [6, 6.07) is 14.3. The van der Waals surface area contributed by atoms with Gasteiger partial charge in [0.2, 0.25) is 0 Å². The number of imidazole rings is 1. The number of aromatic nitrogens is 2. The molecular formula is C22H28N4O. The second kappa shape index (κ2) is 7.82. The van der Waals surface area contributed by atoms with E-state index >= 15 is 0 Å². The van der Waals surface area contributed by atoms with Gasteiger partial charge in [-0.2, -0.15) is 0 Å². The molecule has 0 aliphatic carbocycles.